The molecule has 0 aromatic heterocycles. The van der Waals surface area contributed by atoms with Crippen LogP contribution in [0.15, 0.2) is 24.3 Å². The van der Waals surface area contributed by atoms with E-state index in [1.807, 2.05) is 7.05 Å². The van der Waals surface area contributed by atoms with Crippen LogP contribution in [-0.2, 0) is 10.3 Å². The summed E-state index contributed by atoms with van der Waals surface area (Å²) >= 11 is 0. The number of rotatable bonds is 5. The highest BCUT2D eigenvalue weighted by molar-refractivity contribution is 5.85. The first-order chi connectivity index (χ1) is 9.16. The molecule has 3 nitrogen and oxygen atoms in total. The molecule has 1 aliphatic rings. The number of hydrogen-bond acceptors (Lipinski definition) is 2. The predicted molar refractivity (Wildman–Crippen MR) is 80.5 cm³/mol. The monoisotopic (exact) mass is 300 g/mol. The van der Waals surface area contributed by atoms with Gasteiger partial charge in [0.05, 0.1) is 5.54 Å². The highest BCUT2D eigenvalue weighted by atomic mass is 35.5. The minimum absolute atomic E-state index is 0. The van der Waals surface area contributed by atoms with Crippen molar-refractivity contribution >= 4 is 18.3 Å². The molecule has 0 atom stereocenters. The van der Waals surface area contributed by atoms with E-state index in [9.17, 15) is 9.18 Å². The van der Waals surface area contributed by atoms with Crippen LogP contribution in [0.2, 0.25) is 0 Å². The van der Waals surface area contributed by atoms with Crippen LogP contribution in [0.1, 0.15) is 37.7 Å². The summed E-state index contributed by atoms with van der Waals surface area (Å²) in [5.41, 5.74) is 0.725. The summed E-state index contributed by atoms with van der Waals surface area (Å²) in [4.78, 5) is 12.0. The molecule has 1 saturated carbocycles. The molecule has 2 N–H and O–H groups in total. The zero-order chi connectivity index (χ0) is 13.7. The zero-order valence-corrected chi connectivity index (χ0v) is 12.6. The van der Waals surface area contributed by atoms with Crippen molar-refractivity contribution < 1.29 is 9.18 Å². The lowest BCUT2D eigenvalue weighted by Gasteiger charge is -2.31. The second-order valence-corrected chi connectivity index (χ2v) is 5.20. The largest absolute Gasteiger partial charge is 0.347 e. The summed E-state index contributed by atoms with van der Waals surface area (Å²) < 4.78 is 13.0. The fourth-order valence-electron chi connectivity index (χ4n) is 2.80. The summed E-state index contributed by atoms with van der Waals surface area (Å²) in [6.07, 6.45) is 4.54. The van der Waals surface area contributed by atoms with Gasteiger partial charge in [0.1, 0.15) is 5.82 Å². The van der Waals surface area contributed by atoms with Crippen molar-refractivity contribution in [1.82, 2.24) is 10.6 Å². The average Bonchev–Trinajstić information content (AvgIpc) is 2.86. The van der Waals surface area contributed by atoms with Gasteiger partial charge in [-0.1, -0.05) is 25.0 Å². The van der Waals surface area contributed by atoms with Crippen LogP contribution in [0.5, 0.6) is 0 Å². The van der Waals surface area contributed by atoms with Gasteiger partial charge < -0.3 is 10.6 Å². The Morgan fingerprint density at radius 2 is 1.85 bits per heavy atom. The number of halogens is 2. The molecular weight excluding hydrogens is 279 g/mol. The van der Waals surface area contributed by atoms with E-state index in [1.54, 1.807) is 12.1 Å². The fraction of sp³-hybridized carbons (Fsp3) is 0.533. The predicted octanol–water partition coefficient (Wildman–Crippen LogP) is 2.74. The highest BCUT2D eigenvalue weighted by Gasteiger charge is 2.36. The maximum absolute atomic E-state index is 13.0. The molecule has 0 saturated heterocycles. The first-order valence-electron chi connectivity index (χ1n) is 6.88. The van der Waals surface area contributed by atoms with Crippen LogP contribution in [0.25, 0.3) is 0 Å². The van der Waals surface area contributed by atoms with E-state index in [-0.39, 0.29) is 29.7 Å². The van der Waals surface area contributed by atoms with Gasteiger partial charge in [0.25, 0.3) is 0 Å². The van der Waals surface area contributed by atoms with Crippen LogP contribution in [0, 0.1) is 5.82 Å². The van der Waals surface area contributed by atoms with Crippen molar-refractivity contribution in [3.63, 3.8) is 0 Å². The van der Waals surface area contributed by atoms with E-state index in [2.05, 4.69) is 10.6 Å². The standard InChI is InChI=1S/C15H21FN2O.ClH/c1-17-11-8-14(19)18-15(9-2-3-10-15)12-4-6-13(16)7-5-12;/h4-7,17H,2-3,8-11H2,1H3,(H,18,19);1H. The zero-order valence-electron chi connectivity index (χ0n) is 11.7. The molecule has 1 aromatic carbocycles. The van der Waals surface area contributed by atoms with Crippen molar-refractivity contribution in [3.8, 4) is 0 Å². The third kappa shape index (κ3) is 3.93. The minimum Gasteiger partial charge on any atom is -0.347 e. The van der Waals surface area contributed by atoms with Crippen molar-refractivity contribution in [2.75, 3.05) is 13.6 Å². The smallest absolute Gasteiger partial charge is 0.221 e. The number of nitrogens with one attached hydrogen (secondary N) is 2. The van der Waals surface area contributed by atoms with Crippen LogP contribution in [-0.4, -0.2) is 19.5 Å². The third-order valence-electron chi connectivity index (χ3n) is 3.83. The molecule has 1 fully saturated rings. The summed E-state index contributed by atoms with van der Waals surface area (Å²) in [6.45, 7) is 0.672. The first-order valence-corrected chi connectivity index (χ1v) is 6.88. The molecule has 0 spiro atoms. The van der Waals surface area contributed by atoms with Gasteiger partial charge in [0, 0.05) is 13.0 Å². The lowest BCUT2D eigenvalue weighted by molar-refractivity contribution is -0.123. The van der Waals surface area contributed by atoms with Crippen LogP contribution in [0.3, 0.4) is 0 Å². The van der Waals surface area contributed by atoms with E-state index < -0.39 is 0 Å². The number of carbonyl (C=O) groups excluding carboxylic acids is 1. The van der Waals surface area contributed by atoms with Gasteiger partial charge in [0.15, 0.2) is 0 Å². The van der Waals surface area contributed by atoms with Gasteiger partial charge in [-0.25, -0.2) is 4.39 Å². The van der Waals surface area contributed by atoms with Gasteiger partial charge in [0.2, 0.25) is 5.91 Å². The topological polar surface area (TPSA) is 41.1 Å². The Morgan fingerprint density at radius 3 is 2.40 bits per heavy atom. The maximum Gasteiger partial charge on any atom is 0.221 e. The normalized spacial score (nSPS) is 16.5. The fourth-order valence-corrected chi connectivity index (χ4v) is 2.80. The molecule has 0 radical (unpaired) electrons. The summed E-state index contributed by atoms with van der Waals surface area (Å²) in [5.74, 6) is -0.181. The average molecular weight is 301 g/mol. The number of benzene rings is 1. The second-order valence-electron chi connectivity index (χ2n) is 5.20. The molecular formula is C15H22ClFN2O. The van der Waals surface area contributed by atoms with Gasteiger partial charge in [-0.3, -0.25) is 4.79 Å². The molecule has 112 valence electrons. The molecule has 1 aliphatic carbocycles. The molecule has 0 unspecified atom stereocenters. The molecule has 0 heterocycles. The highest BCUT2D eigenvalue weighted by Crippen LogP contribution is 2.38. The quantitative estimate of drug-likeness (QED) is 0.878. The lowest BCUT2D eigenvalue weighted by Crippen LogP contribution is -2.44. The SMILES string of the molecule is CNCCC(=O)NC1(c2ccc(F)cc2)CCCC1.Cl. The van der Waals surface area contributed by atoms with Crippen molar-refractivity contribution in [2.24, 2.45) is 0 Å². The van der Waals surface area contributed by atoms with Gasteiger partial charge in [-0.2, -0.15) is 0 Å². The molecule has 0 bridgehead atoms. The van der Waals surface area contributed by atoms with Crippen molar-refractivity contribution in [3.05, 3.63) is 35.6 Å². The lowest BCUT2D eigenvalue weighted by atomic mass is 9.88. The molecule has 20 heavy (non-hydrogen) atoms. The van der Waals surface area contributed by atoms with Crippen LogP contribution in [0.4, 0.5) is 4.39 Å². The molecule has 1 amide bonds. The molecule has 2 rings (SSSR count). The Balaban J connectivity index is 0.00000200. The van der Waals surface area contributed by atoms with Gasteiger partial charge in [-0.05, 0) is 37.6 Å². The van der Waals surface area contributed by atoms with Crippen molar-refractivity contribution in [2.45, 2.75) is 37.6 Å². The van der Waals surface area contributed by atoms with Crippen LogP contribution >= 0.6 is 12.4 Å². The minimum atomic E-state index is -0.293. The Labute approximate surface area is 125 Å². The number of carbonyl (C=O) groups is 1. The van der Waals surface area contributed by atoms with E-state index in [0.29, 0.717) is 13.0 Å². The Bertz CT molecular complexity index is 430. The Kier molecular flexibility index (Phi) is 6.43. The first kappa shape index (κ1) is 16.9. The van der Waals surface area contributed by atoms with E-state index in [0.717, 1.165) is 31.2 Å². The van der Waals surface area contributed by atoms with Crippen LogP contribution < -0.4 is 10.6 Å². The van der Waals surface area contributed by atoms with E-state index in [1.165, 1.54) is 12.1 Å². The van der Waals surface area contributed by atoms with Crippen molar-refractivity contribution in [1.29, 1.82) is 0 Å². The molecule has 5 heteroatoms. The maximum atomic E-state index is 13.0. The third-order valence-corrected chi connectivity index (χ3v) is 3.83. The number of hydrogen-bond donors (Lipinski definition) is 2. The Hall–Kier alpha value is -1.13. The summed E-state index contributed by atoms with van der Waals surface area (Å²) in [5, 5.41) is 6.13. The Morgan fingerprint density at radius 1 is 1.25 bits per heavy atom. The summed E-state index contributed by atoms with van der Waals surface area (Å²) in [6, 6.07) is 6.52. The summed E-state index contributed by atoms with van der Waals surface area (Å²) in [7, 11) is 1.83. The molecule has 1 aromatic rings. The van der Waals surface area contributed by atoms with E-state index >= 15 is 0 Å². The van der Waals surface area contributed by atoms with E-state index in [4.69, 9.17) is 0 Å². The molecule has 0 aliphatic heterocycles. The van der Waals surface area contributed by atoms with Gasteiger partial charge >= 0.3 is 0 Å². The number of amides is 1. The second kappa shape index (κ2) is 7.60. The van der Waals surface area contributed by atoms with Gasteiger partial charge in [-0.15, -0.1) is 12.4 Å².